The van der Waals surface area contributed by atoms with Crippen LogP contribution in [0, 0.1) is 12.7 Å². The lowest BCUT2D eigenvalue weighted by molar-refractivity contribution is 0.569. The van der Waals surface area contributed by atoms with Crippen molar-refractivity contribution in [1.29, 1.82) is 0 Å². The molecule has 0 aliphatic rings. The van der Waals surface area contributed by atoms with Gasteiger partial charge in [-0.25, -0.2) is 12.8 Å². The number of aryl methyl sites for hydroxylation is 1. The van der Waals surface area contributed by atoms with Crippen molar-refractivity contribution >= 4 is 31.6 Å². The highest BCUT2D eigenvalue weighted by molar-refractivity contribution is 9.10. The summed E-state index contributed by atoms with van der Waals surface area (Å²) in [5, 5.41) is 0. The summed E-state index contributed by atoms with van der Waals surface area (Å²) in [5.74, 6) is -0.823. The molecule has 4 nitrogen and oxygen atoms in total. The molecule has 0 heterocycles. The third-order valence-corrected chi connectivity index (χ3v) is 5.21. The highest BCUT2D eigenvalue weighted by Crippen LogP contribution is 2.24. The maximum absolute atomic E-state index is 13.9. The van der Waals surface area contributed by atoms with Gasteiger partial charge >= 0.3 is 0 Å². The largest absolute Gasteiger partial charge is 0.326 e. The van der Waals surface area contributed by atoms with Gasteiger partial charge < -0.3 is 5.73 Å². The van der Waals surface area contributed by atoms with Crippen LogP contribution in [0.4, 0.5) is 10.1 Å². The molecule has 0 aromatic heterocycles. The van der Waals surface area contributed by atoms with E-state index in [9.17, 15) is 12.8 Å². The first-order valence-corrected chi connectivity index (χ1v) is 8.38. The normalized spacial score (nSPS) is 11.4. The summed E-state index contributed by atoms with van der Waals surface area (Å²) >= 11 is 3.32. The van der Waals surface area contributed by atoms with Crippen molar-refractivity contribution in [3.63, 3.8) is 0 Å². The van der Waals surface area contributed by atoms with E-state index in [0.29, 0.717) is 11.3 Å². The van der Waals surface area contributed by atoms with Crippen molar-refractivity contribution in [1.82, 2.24) is 0 Å². The molecule has 0 aliphatic heterocycles. The second-order valence-corrected chi connectivity index (χ2v) is 7.04. The van der Waals surface area contributed by atoms with Gasteiger partial charge in [-0.3, -0.25) is 4.72 Å². The zero-order valence-corrected chi connectivity index (χ0v) is 13.6. The van der Waals surface area contributed by atoms with E-state index in [1.807, 2.05) is 6.92 Å². The molecule has 2 rings (SSSR count). The Kier molecular flexibility index (Phi) is 4.65. The monoisotopic (exact) mass is 372 g/mol. The number of nitrogens with one attached hydrogen (secondary N) is 1. The molecule has 2 aromatic carbocycles. The number of hydrogen-bond acceptors (Lipinski definition) is 3. The third kappa shape index (κ3) is 3.61. The van der Waals surface area contributed by atoms with E-state index in [2.05, 4.69) is 20.7 Å². The number of rotatable bonds is 4. The minimum absolute atomic E-state index is 0.148. The van der Waals surface area contributed by atoms with Crippen molar-refractivity contribution in [3.05, 3.63) is 57.8 Å². The minimum atomic E-state index is -3.99. The Morgan fingerprint density at radius 3 is 2.52 bits per heavy atom. The molecule has 2 aromatic rings. The Bertz CT molecular complexity index is 779. The first-order chi connectivity index (χ1) is 9.83. The van der Waals surface area contributed by atoms with Gasteiger partial charge in [-0.05, 0) is 42.3 Å². The Hall–Kier alpha value is -1.44. The zero-order chi connectivity index (χ0) is 15.6. The lowest BCUT2D eigenvalue weighted by Gasteiger charge is -2.10. The molecule has 0 unspecified atom stereocenters. The number of benzene rings is 2. The van der Waals surface area contributed by atoms with Crippen LogP contribution in [0.5, 0.6) is 0 Å². The molecular formula is C14H14BrFN2O2S. The molecule has 0 saturated carbocycles. The van der Waals surface area contributed by atoms with E-state index >= 15 is 0 Å². The van der Waals surface area contributed by atoms with Crippen LogP contribution in [-0.4, -0.2) is 8.42 Å². The smallest absolute Gasteiger partial charge is 0.264 e. The summed E-state index contributed by atoms with van der Waals surface area (Å²) in [7, 11) is -3.99. The van der Waals surface area contributed by atoms with E-state index < -0.39 is 20.7 Å². The standard InChI is InChI=1S/C14H14BrFN2O2S/c1-9-2-4-11(7-12(9)15)18-21(19,20)14-5-3-10(8-17)6-13(14)16/h2-7,18H,8,17H2,1H3. The maximum atomic E-state index is 13.9. The predicted molar refractivity (Wildman–Crippen MR) is 84.0 cm³/mol. The average Bonchev–Trinajstić information content (AvgIpc) is 2.42. The third-order valence-electron chi connectivity index (χ3n) is 2.95. The van der Waals surface area contributed by atoms with E-state index in [1.165, 1.54) is 12.1 Å². The van der Waals surface area contributed by atoms with E-state index in [1.54, 1.807) is 18.2 Å². The summed E-state index contributed by atoms with van der Waals surface area (Å²) in [6.45, 7) is 2.03. The number of sulfonamides is 1. The second kappa shape index (κ2) is 6.13. The molecule has 21 heavy (non-hydrogen) atoms. The number of anilines is 1. The van der Waals surface area contributed by atoms with Crippen molar-refractivity contribution in [2.24, 2.45) is 5.73 Å². The van der Waals surface area contributed by atoms with Crippen LogP contribution in [0.3, 0.4) is 0 Å². The topological polar surface area (TPSA) is 72.2 Å². The van der Waals surface area contributed by atoms with Crippen molar-refractivity contribution in [2.45, 2.75) is 18.4 Å². The molecule has 0 amide bonds. The number of halogens is 2. The van der Waals surface area contributed by atoms with Crippen LogP contribution in [-0.2, 0) is 16.6 Å². The van der Waals surface area contributed by atoms with Gasteiger partial charge in [0.2, 0.25) is 0 Å². The van der Waals surface area contributed by atoms with Crippen LogP contribution >= 0.6 is 15.9 Å². The average molecular weight is 373 g/mol. The summed E-state index contributed by atoms with van der Waals surface area (Å²) in [4.78, 5) is -0.406. The molecule has 3 N–H and O–H groups in total. The van der Waals surface area contributed by atoms with Crippen LogP contribution in [0.1, 0.15) is 11.1 Å². The molecule has 7 heteroatoms. The lowest BCUT2D eigenvalue weighted by Crippen LogP contribution is -2.15. The molecule has 0 bridgehead atoms. The predicted octanol–water partition coefficient (Wildman–Crippen LogP) is 3.16. The van der Waals surface area contributed by atoms with E-state index in [-0.39, 0.29) is 6.54 Å². The lowest BCUT2D eigenvalue weighted by atomic mass is 10.2. The van der Waals surface area contributed by atoms with E-state index in [4.69, 9.17) is 5.73 Å². The second-order valence-electron chi connectivity index (χ2n) is 4.54. The maximum Gasteiger partial charge on any atom is 0.264 e. The van der Waals surface area contributed by atoms with E-state index in [0.717, 1.165) is 16.1 Å². The molecular weight excluding hydrogens is 359 g/mol. The van der Waals surface area contributed by atoms with Gasteiger partial charge in [0.15, 0.2) is 0 Å². The quantitative estimate of drug-likeness (QED) is 0.865. The van der Waals surface area contributed by atoms with Gasteiger partial charge in [-0.1, -0.05) is 28.1 Å². The molecule has 0 spiro atoms. The van der Waals surface area contributed by atoms with Crippen LogP contribution in [0.2, 0.25) is 0 Å². The molecule has 112 valence electrons. The Morgan fingerprint density at radius 1 is 1.24 bits per heavy atom. The zero-order valence-electron chi connectivity index (χ0n) is 11.2. The summed E-state index contributed by atoms with van der Waals surface area (Å²) in [6, 6.07) is 8.82. The number of nitrogens with two attached hydrogens (primary N) is 1. The molecule has 0 fully saturated rings. The SMILES string of the molecule is Cc1ccc(NS(=O)(=O)c2ccc(CN)cc2F)cc1Br. The fourth-order valence-electron chi connectivity index (χ4n) is 1.76. The van der Waals surface area contributed by atoms with Crippen LogP contribution in [0.25, 0.3) is 0 Å². The first kappa shape index (κ1) is 15.9. The van der Waals surface area contributed by atoms with Gasteiger partial charge in [-0.2, -0.15) is 0 Å². The highest BCUT2D eigenvalue weighted by Gasteiger charge is 2.19. The van der Waals surface area contributed by atoms with Crippen molar-refractivity contribution < 1.29 is 12.8 Å². The number of hydrogen-bond donors (Lipinski definition) is 2. The summed E-state index contributed by atoms with van der Waals surface area (Å²) in [5.41, 5.74) is 7.25. The van der Waals surface area contributed by atoms with Crippen molar-refractivity contribution in [3.8, 4) is 0 Å². The van der Waals surface area contributed by atoms with Gasteiger partial charge in [0.25, 0.3) is 10.0 Å². The van der Waals surface area contributed by atoms with Crippen LogP contribution in [0.15, 0.2) is 45.8 Å². The van der Waals surface area contributed by atoms with Gasteiger partial charge in [0.1, 0.15) is 10.7 Å². The van der Waals surface area contributed by atoms with Crippen molar-refractivity contribution in [2.75, 3.05) is 4.72 Å². The van der Waals surface area contributed by atoms with Crippen LogP contribution < -0.4 is 10.5 Å². The fourth-order valence-corrected chi connectivity index (χ4v) is 3.24. The van der Waals surface area contributed by atoms with Gasteiger partial charge in [-0.15, -0.1) is 0 Å². The van der Waals surface area contributed by atoms with Gasteiger partial charge in [0.05, 0.1) is 0 Å². The Balaban J connectivity index is 2.36. The molecule has 0 radical (unpaired) electrons. The highest BCUT2D eigenvalue weighted by atomic mass is 79.9. The first-order valence-electron chi connectivity index (χ1n) is 6.11. The molecule has 0 atom stereocenters. The summed E-state index contributed by atoms with van der Waals surface area (Å²) < 4.78 is 41.5. The Morgan fingerprint density at radius 2 is 1.95 bits per heavy atom. The summed E-state index contributed by atoms with van der Waals surface area (Å²) in [6.07, 6.45) is 0. The minimum Gasteiger partial charge on any atom is -0.326 e. The molecule has 0 saturated heterocycles. The fraction of sp³-hybridized carbons (Fsp3) is 0.143. The molecule has 0 aliphatic carbocycles. The Labute approximate surface area is 131 Å². The van der Waals surface area contributed by atoms with Gasteiger partial charge in [0, 0.05) is 16.7 Å².